The van der Waals surface area contributed by atoms with E-state index in [1.807, 2.05) is 13.8 Å². The zero-order valence-corrected chi connectivity index (χ0v) is 11.8. The van der Waals surface area contributed by atoms with Gasteiger partial charge in [-0.15, -0.1) is 0 Å². The fourth-order valence-electron chi connectivity index (χ4n) is 1.72. The Kier molecular flexibility index (Phi) is 5.45. The predicted octanol–water partition coefficient (Wildman–Crippen LogP) is 1.32. The van der Waals surface area contributed by atoms with Crippen LogP contribution in [-0.4, -0.2) is 30.5 Å². The van der Waals surface area contributed by atoms with Crippen LogP contribution < -0.4 is 15.8 Å². The number of nitrogens with two attached hydrogens (primary N) is 1. The minimum absolute atomic E-state index is 0.0523. The third-order valence-electron chi connectivity index (χ3n) is 3.01. The summed E-state index contributed by atoms with van der Waals surface area (Å²) < 4.78 is 4.93. The van der Waals surface area contributed by atoms with Crippen LogP contribution in [0.5, 0.6) is 5.75 Å². The van der Waals surface area contributed by atoms with Crippen molar-refractivity contribution < 1.29 is 14.5 Å². The minimum Gasteiger partial charge on any atom is -0.490 e. The lowest BCUT2D eigenvalue weighted by Gasteiger charge is -2.20. The van der Waals surface area contributed by atoms with Crippen LogP contribution >= 0.6 is 0 Å². The van der Waals surface area contributed by atoms with E-state index in [1.165, 1.54) is 25.3 Å². The molecule has 1 atom stereocenters. The molecule has 0 aliphatic rings. The molecule has 0 bridgehead atoms. The smallest absolute Gasteiger partial charge is 0.310 e. The van der Waals surface area contributed by atoms with Gasteiger partial charge in [0.2, 0.25) is 0 Å². The molecule has 110 valence electrons. The molecule has 1 aromatic rings. The summed E-state index contributed by atoms with van der Waals surface area (Å²) in [7, 11) is 1.32. The van der Waals surface area contributed by atoms with Gasteiger partial charge in [0.1, 0.15) is 0 Å². The van der Waals surface area contributed by atoms with Gasteiger partial charge in [-0.2, -0.15) is 0 Å². The maximum atomic E-state index is 12.1. The highest BCUT2D eigenvalue weighted by atomic mass is 16.6. The van der Waals surface area contributed by atoms with E-state index >= 15 is 0 Å². The third-order valence-corrected chi connectivity index (χ3v) is 3.01. The normalized spacial score (nSPS) is 12.1. The lowest BCUT2D eigenvalue weighted by Crippen LogP contribution is -2.43. The first-order chi connectivity index (χ1) is 9.40. The Balaban J connectivity index is 2.97. The van der Waals surface area contributed by atoms with Gasteiger partial charge >= 0.3 is 5.69 Å². The summed E-state index contributed by atoms with van der Waals surface area (Å²) in [4.78, 5) is 22.3. The minimum atomic E-state index is -0.558. The van der Waals surface area contributed by atoms with E-state index in [0.29, 0.717) is 12.1 Å². The second-order valence-electron chi connectivity index (χ2n) is 4.70. The molecule has 0 saturated carbocycles. The maximum absolute atomic E-state index is 12.1. The van der Waals surface area contributed by atoms with Crippen molar-refractivity contribution in [3.05, 3.63) is 33.9 Å². The Morgan fingerprint density at radius 1 is 1.50 bits per heavy atom. The predicted molar refractivity (Wildman–Crippen MR) is 74.8 cm³/mol. The number of ether oxygens (including phenoxy) is 1. The van der Waals surface area contributed by atoms with Crippen molar-refractivity contribution in [3.8, 4) is 5.75 Å². The van der Waals surface area contributed by atoms with E-state index in [9.17, 15) is 14.9 Å². The SMILES string of the molecule is COc1cc(C(=O)NC(CN)C(C)C)ccc1[N+](=O)[O-]. The number of carbonyl (C=O) groups excluding carboxylic acids is 1. The number of rotatable bonds is 6. The number of nitrogens with zero attached hydrogens (tertiary/aromatic N) is 1. The van der Waals surface area contributed by atoms with Gasteiger partial charge in [-0.3, -0.25) is 14.9 Å². The maximum Gasteiger partial charge on any atom is 0.310 e. The van der Waals surface area contributed by atoms with Gasteiger partial charge in [-0.25, -0.2) is 0 Å². The van der Waals surface area contributed by atoms with Crippen LogP contribution in [0, 0.1) is 16.0 Å². The highest BCUT2D eigenvalue weighted by molar-refractivity contribution is 5.95. The van der Waals surface area contributed by atoms with Crippen LogP contribution in [0.2, 0.25) is 0 Å². The Labute approximate surface area is 117 Å². The first kappa shape index (κ1) is 15.9. The number of amides is 1. The molecule has 20 heavy (non-hydrogen) atoms. The quantitative estimate of drug-likeness (QED) is 0.604. The summed E-state index contributed by atoms with van der Waals surface area (Å²) in [5, 5.41) is 13.6. The summed E-state index contributed by atoms with van der Waals surface area (Å²) in [5.74, 6) is -0.0808. The van der Waals surface area contributed by atoms with Crippen molar-refractivity contribution in [1.29, 1.82) is 0 Å². The highest BCUT2D eigenvalue weighted by Crippen LogP contribution is 2.27. The van der Waals surface area contributed by atoms with Crippen molar-refractivity contribution in [3.63, 3.8) is 0 Å². The lowest BCUT2D eigenvalue weighted by atomic mass is 10.0. The number of benzene rings is 1. The number of methoxy groups -OCH3 is 1. The Morgan fingerprint density at radius 3 is 2.60 bits per heavy atom. The molecule has 7 heteroatoms. The zero-order valence-electron chi connectivity index (χ0n) is 11.8. The van der Waals surface area contributed by atoms with E-state index in [-0.39, 0.29) is 29.3 Å². The summed E-state index contributed by atoms with van der Waals surface area (Å²) in [6, 6.07) is 3.84. The Morgan fingerprint density at radius 2 is 2.15 bits per heavy atom. The molecule has 3 N–H and O–H groups in total. The largest absolute Gasteiger partial charge is 0.490 e. The summed E-state index contributed by atoms with van der Waals surface area (Å²) >= 11 is 0. The second kappa shape index (κ2) is 6.85. The van der Waals surface area contributed by atoms with Gasteiger partial charge < -0.3 is 15.8 Å². The average Bonchev–Trinajstić information content (AvgIpc) is 2.43. The number of carbonyl (C=O) groups is 1. The number of nitrogens with one attached hydrogen (secondary N) is 1. The number of nitro benzene ring substituents is 1. The molecule has 1 rings (SSSR count). The van der Waals surface area contributed by atoms with Crippen molar-refractivity contribution in [2.24, 2.45) is 11.7 Å². The molecule has 1 amide bonds. The molecule has 0 fully saturated rings. The molecule has 0 saturated heterocycles. The van der Waals surface area contributed by atoms with E-state index < -0.39 is 4.92 Å². The summed E-state index contributed by atoms with van der Waals surface area (Å²) in [5.41, 5.74) is 5.71. The molecule has 0 aliphatic carbocycles. The Bertz CT molecular complexity index is 502. The number of nitro groups is 1. The standard InChI is InChI=1S/C13H19N3O4/c1-8(2)10(7-14)15-13(17)9-4-5-11(16(18)19)12(6-9)20-3/h4-6,8,10H,7,14H2,1-3H3,(H,15,17). The van der Waals surface area contributed by atoms with Gasteiger partial charge in [0.15, 0.2) is 5.75 Å². The first-order valence-corrected chi connectivity index (χ1v) is 6.24. The van der Waals surface area contributed by atoms with Crippen LogP contribution in [0.25, 0.3) is 0 Å². The molecule has 7 nitrogen and oxygen atoms in total. The van der Waals surface area contributed by atoms with E-state index in [4.69, 9.17) is 10.5 Å². The van der Waals surface area contributed by atoms with Crippen molar-refractivity contribution in [1.82, 2.24) is 5.32 Å². The highest BCUT2D eigenvalue weighted by Gasteiger charge is 2.20. The molecular formula is C13H19N3O4. The molecule has 0 aliphatic heterocycles. The molecule has 0 heterocycles. The fourth-order valence-corrected chi connectivity index (χ4v) is 1.72. The average molecular weight is 281 g/mol. The molecular weight excluding hydrogens is 262 g/mol. The number of hydrogen-bond acceptors (Lipinski definition) is 5. The van der Waals surface area contributed by atoms with Gasteiger partial charge in [0.05, 0.1) is 12.0 Å². The van der Waals surface area contributed by atoms with Gasteiger partial charge in [-0.05, 0) is 12.0 Å². The molecule has 0 aromatic heterocycles. The second-order valence-corrected chi connectivity index (χ2v) is 4.70. The van der Waals surface area contributed by atoms with Crippen molar-refractivity contribution in [2.45, 2.75) is 19.9 Å². The van der Waals surface area contributed by atoms with Crippen LogP contribution in [-0.2, 0) is 0 Å². The number of hydrogen-bond donors (Lipinski definition) is 2. The molecule has 0 spiro atoms. The molecule has 1 aromatic carbocycles. The van der Waals surface area contributed by atoms with Crippen LogP contribution in [0.15, 0.2) is 18.2 Å². The monoisotopic (exact) mass is 281 g/mol. The third kappa shape index (κ3) is 3.67. The van der Waals surface area contributed by atoms with Gasteiger partial charge in [-0.1, -0.05) is 13.8 Å². The molecule has 1 unspecified atom stereocenters. The van der Waals surface area contributed by atoms with Gasteiger partial charge in [0.25, 0.3) is 5.91 Å². The van der Waals surface area contributed by atoms with E-state index in [1.54, 1.807) is 0 Å². The van der Waals surface area contributed by atoms with Crippen LogP contribution in [0.3, 0.4) is 0 Å². The topological polar surface area (TPSA) is 107 Å². The van der Waals surface area contributed by atoms with E-state index in [2.05, 4.69) is 5.32 Å². The lowest BCUT2D eigenvalue weighted by molar-refractivity contribution is -0.385. The fraction of sp³-hybridized carbons (Fsp3) is 0.462. The van der Waals surface area contributed by atoms with Crippen LogP contribution in [0.4, 0.5) is 5.69 Å². The van der Waals surface area contributed by atoms with Crippen molar-refractivity contribution >= 4 is 11.6 Å². The molecule has 0 radical (unpaired) electrons. The van der Waals surface area contributed by atoms with E-state index in [0.717, 1.165) is 0 Å². The zero-order chi connectivity index (χ0) is 15.3. The first-order valence-electron chi connectivity index (χ1n) is 6.24. The van der Waals surface area contributed by atoms with Gasteiger partial charge in [0, 0.05) is 30.3 Å². The van der Waals surface area contributed by atoms with Crippen LogP contribution in [0.1, 0.15) is 24.2 Å². The Hall–Kier alpha value is -2.15. The summed E-state index contributed by atoms with van der Waals surface area (Å²) in [6.45, 7) is 4.23. The summed E-state index contributed by atoms with van der Waals surface area (Å²) in [6.07, 6.45) is 0. The van der Waals surface area contributed by atoms with Crippen molar-refractivity contribution in [2.75, 3.05) is 13.7 Å².